The third-order valence-electron chi connectivity index (χ3n) is 6.02. The van der Waals surface area contributed by atoms with Crippen LogP contribution in [0.25, 0.3) is 11.0 Å². The Kier molecular flexibility index (Phi) is 6.85. The first kappa shape index (κ1) is 24.4. The Balaban J connectivity index is 1.63. The van der Waals surface area contributed by atoms with Crippen LogP contribution in [-0.2, 0) is 27.7 Å². The first-order valence-electron chi connectivity index (χ1n) is 11.2. The van der Waals surface area contributed by atoms with E-state index < -0.39 is 33.6 Å². The minimum Gasteiger partial charge on any atom is -0.424 e. The second-order valence-electron chi connectivity index (χ2n) is 8.91. The molecule has 1 aromatic heterocycles. The molecule has 2 aromatic carbocycles. The molecule has 4 rings (SSSR count). The lowest BCUT2D eigenvalue weighted by atomic mass is 9.90. The first-order valence-corrected chi connectivity index (χ1v) is 13.0. The Labute approximate surface area is 203 Å². The SMILES string of the molecule is Cc1ccc(S(=O)(=O)N[C@H](C(=O)Oc2cc3oc(=O)c4c(c3cc2Cl)CCCC4)C(C)C)cc1. The van der Waals surface area contributed by atoms with Gasteiger partial charge in [0.25, 0.3) is 0 Å². The van der Waals surface area contributed by atoms with Gasteiger partial charge in [-0.3, -0.25) is 0 Å². The molecule has 1 atom stereocenters. The van der Waals surface area contributed by atoms with Crippen molar-refractivity contribution in [3.63, 3.8) is 0 Å². The average Bonchev–Trinajstić information content (AvgIpc) is 2.79. The predicted octanol–water partition coefficient (Wildman–Crippen LogP) is 4.54. The van der Waals surface area contributed by atoms with E-state index in [2.05, 4.69) is 4.72 Å². The summed E-state index contributed by atoms with van der Waals surface area (Å²) in [6, 6.07) is 8.20. The summed E-state index contributed by atoms with van der Waals surface area (Å²) in [6.07, 6.45) is 3.32. The van der Waals surface area contributed by atoms with Crippen LogP contribution in [-0.4, -0.2) is 20.4 Å². The summed E-state index contributed by atoms with van der Waals surface area (Å²) in [7, 11) is -3.96. The topological polar surface area (TPSA) is 103 Å². The van der Waals surface area contributed by atoms with Crippen molar-refractivity contribution >= 4 is 38.6 Å². The zero-order chi connectivity index (χ0) is 24.6. The van der Waals surface area contributed by atoms with Crippen LogP contribution in [0, 0.1) is 12.8 Å². The van der Waals surface area contributed by atoms with Gasteiger partial charge in [-0.15, -0.1) is 0 Å². The van der Waals surface area contributed by atoms with Crippen molar-refractivity contribution in [2.45, 2.75) is 57.4 Å². The Morgan fingerprint density at radius 1 is 1.09 bits per heavy atom. The van der Waals surface area contributed by atoms with Gasteiger partial charge in [0, 0.05) is 17.0 Å². The summed E-state index contributed by atoms with van der Waals surface area (Å²) in [6.45, 7) is 5.26. The van der Waals surface area contributed by atoms with Gasteiger partial charge in [0.05, 0.1) is 9.92 Å². The zero-order valence-corrected chi connectivity index (χ0v) is 20.8. The number of carbonyl (C=O) groups is 1. The van der Waals surface area contributed by atoms with Gasteiger partial charge in [0.2, 0.25) is 10.0 Å². The summed E-state index contributed by atoms with van der Waals surface area (Å²) in [5, 5.41) is 0.894. The quantitative estimate of drug-likeness (QED) is 0.301. The molecule has 1 N–H and O–H groups in total. The highest BCUT2D eigenvalue weighted by Crippen LogP contribution is 2.34. The molecule has 0 unspecified atom stereocenters. The van der Waals surface area contributed by atoms with Crippen molar-refractivity contribution < 1.29 is 22.4 Å². The minimum atomic E-state index is -3.96. The van der Waals surface area contributed by atoms with Crippen molar-refractivity contribution in [2.75, 3.05) is 0 Å². The van der Waals surface area contributed by atoms with E-state index in [-0.39, 0.29) is 21.3 Å². The number of hydrogen-bond acceptors (Lipinski definition) is 6. The van der Waals surface area contributed by atoms with Gasteiger partial charge in [-0.1, -0.05) is 43.1 Å². The molecule has 1 aliphatic carbocycles. The molecule has 0 saturated heterocycles. The molecule has 1 heterocycles. The maximum Gasteiger partial charge on any atom is 0.339 e. The second-order valence-corrected chi connectivity index (χ2v) is 11.0. The van der Waals surface area contributed by atoms with Gasteiger partial charge in [-0.2, -0.15) is 4.72 Å². The zero-order valence-electron chi connectivity index (χ0n) is 19.2. The number of aryl methyl sites for hydroxylation is 2. The van der Waals surface area contributed by atoms with Gasteiger partial charge >= 0.3 is 11.6 Å². The number of sulfonamides is 1. The number of fused-ring (bicyclic) bond motifs is 3. The molecule has 0 bridgehead atoms. The molecule has 34 heavy (non-hydrogen) atoms. The van der Waals surface area contributed by atoms with Gasteiger partial charge in [0.15, 0.2) is 5.75 Å². The van der Waals surface area contributed by atoms with E-state index in [4.69, 9.17) is 20.8 Å². The van der Waals surface area contributed by atoms with Crippen LogP contribution in [0.5, 0.6) is 5.75 Å². The van der Waals surface area contributed by atoms with E-state index in [0.717, 1.165) is 35.8 Å². The Hall–Kier alpha value is -2.68. The number of carbonyl (C=O) groups excluding carboxylic acids is 1. The molecular formula is C25H26ClNO6S. The fourth-order valence-corrected chi connectivity index (χ4v) is 5.64. The van der Waals surface area contributed by atoms with Crippen LogP contribution in [0.2, 0.25) is 5.02 Å². The van der Waals surface area contributed by atoms with E-state index in [1.54, 1.807) is 32.0 Å². The van der Waals surface area contributed by atoms with Gasteiger partial charge in [-0.25, -0.2) is 18.0 Å². The van der Waals surface area contributed by atoms with Crippen LogP contribution < -0.4 is 15.1 Å². The molecule has 9 heteroatoms. The number of halogens is 1. The van der Waals surface area contributed by atoms with E-state index in [1.165, 1.54) is 18.2 Å². The van der Waals surface area contributed by atoms with E-state index >= 15 is 0 Å². The van der Waals surface area contributed by atoms with Crippen LogP contribution in [0.1, 0.15) is 43.4 Å². The van der Waals surface area contributed by atoms with E-state index in [0.29, 0.717) is 12.0 Å². The van der Waals surface area contributed by atoms with Gasteiger partial charge in [0.1, 0.15) is 11.6 Å². The number of ether oxygens (including phenoxy) is 1. The molecular weight excluding hydrogens is 478 g/mol. The maximum absolute atomic E-state index is 13.0. The fourth-order valence-electron chi connectivity index (χ4n) is 4.10. The lowest BCUT2D eigenvalue weighted by Crippen LogP contribution is -2.46. The van der Waals surface area contributed by atoms with Crippen molar-refractivity contribution in [1.29, 1.82) is 0 Å². The summed E-state index contributed by atoms with van der Waals surface area (Å²) in [4.78, 5) is 25.5. The molecule has 0 spiro atoms. The second kappa shape index (κ2) is 9.52. The normalized spacial score (nSPS) is 14.7. The highest BCUT2D eigenvalue weighted by Gasteiger charge is 2.31. The van der Waals surface area contributed by atoms with Gasteiger partial charge in [-0.05, 0) is 62.3 Å². The Bertz CT molecular complexity index is 1410. The minimum absolute atomic E-state index is 0.00161. The molecule has 1 aliphatic rings. The van der Waals surface area contributed by atoms with Crippen LogP contribution in [0.15, 0.2) is 50.5 Å². The van der Waals surface area contributed by atoms with Crippen molar-refractivity contribution in [3.05, 3.63) is 68.5 Å². The molecule has 3 aromatic rings. The van der Waals surface area contributed by atoms with Crippen molar-refractivity contribution in [2.24, 2.45) is 5.92 Å². The third kappa shape index (κ3) is 4.89. The lowest BCUT2D eigenvalue weighted by molar-refractivity contribution is -0.137. The number of hydrogen-bond donors (Lipinski definition) is 1. The smallest absolute Gasteiger partial charge is 0.339 e. The van der Waals surface area contributed by atoms with Crippen LogP contribution >= 0.6 is 11.6 Å². The lowest BCUT2D eigenvalue weighted by Gasteiger charge is -2.21. The molecule has 0 amide bonds. The number of nitrogens with one attached hydrogen (secondary N) is 1. The van der Waals surface area contributed by atoms with Crippen LogP contribution in [0.4, 0.5) is 0 Å². The predicted molar refractivity (Wildman–Crippen MR) is 130 cm³/mol. The van der Waals surface area contributed by atoms with Crippen LogP contribution in [0.3, 0.4) is 0 Å². The molecule has 0 saturated carbocycles. The standard InChI is InChI=1S/C25H26ClNO6S/c1-14(2)23(27-34(30,31)16-10-8-15(3)9-11-16)25(29)33-22-13-21-19(12-20(22)26)17-6-4-5-7-18(17)24(28)32-21/h8-14,23,27H,4-7H2,1-3H3/t23-/m0/s1. The first-order chi connectivity index (χ1) is 16.1. The van der Waals surface area contributed by atoms with Crippen molar-refractivity contribution in [1.82, 2.24) is 4.72 Å². The largest absolute Gasteiger partial charge is 0.424 e. The average molecular weight is 504 g/mol. The Morgan fingerprint density at radius 2 is 1.74 bits per heavy atom. The third-order valence-corrected chi connectivity index (χ3v) is 7.77. The molecule has 180 valence electrons. The van der Waals surface area contributed by atoms with Crippen molar-refractivity contribution in [3.8, 4) is 5.75 Å². The number of rotatable bonds is 6. The summed E-state index contributed by atoms with van der Waals surface area (Å²) in [5.74, 6) is -1.22. The summed E-state index contributed by atoms with van der Waals surface area (Å²) >= 11 is 6.42. The van der Waals surface area contributed by atoms with E-state index in [1.807, 2.05) is 6.92 Å². The fraction of sp³-hybridized carbons (Fsp3) is 0.360. The highest BCUT2D eigenvalue weighted by molar-refractivity contribution is 7.89. The molecule has 0 fully saturated rings. The summed E-state index contributed by atoms with van der Waals surface area (Å²) in [5.41, 5.74) is 2.39. The maximum atomic E-state index is 13.0. The number of esters is 1. The monoisotopic (exact) mass is 503 g/mol. The summed E-state index contributed by atoms with van der Waals surface area (Å²) < 4.78 is 39.1. The number of benzene rings is 2. The molecule has 0 aliphatic heterocycles. The highest BCUT2D eigenvalue weighted by atomic mass is 35.5. The molecule has 0 radical (unpaired) electrons. The molecule has 7 nitrogen and oxygen atoms in total. The van der Waals surface area contributed by atoms with Gasteiger partial charge < -0.3 is 9.15 Å². The van der Waals surface area contributed by atoms with E-state index in [9.17, 15) is 18.0 Å². The Morgan fingerprint density at radius 3 is 2.38 bits per heavy atom.